The monoisotopic (exact) mass is 566 g/mol. The number of rotatable bonds is 22. The molecule has 0 aliphatic heterocycles. The summed E-state index contributed by atoms with van der Waals surface area (Å²) in [6.45, 7) is 2.04. The molecule has 1 N–H and O–H groups in total. The van der Waals surface area contributed by atoms with E-state index in [4.69, 9.17) is 47.4 Å². The van der Waals surface area contributed by atoms with E-state index in [-0.39, 0.29) is 49.8 Å². The molecule has 0 bridgehead atoms. The summed E-state index contributed by atoms with van der Waals surface area (Å²) in [5.41, 5.74) is 0.607. The van der Waals surface area contributed by atoms with Crippen LogP contribution in [0.15, 0.2) is 36.4 Å². The molecule has 0 aromatic heterocycles. The van der Waals surface area contributed by atoms with Crippen molar-refractivity contribution in [1.29, 1.82) is 0 Å². The van der Waals surface area contributed by atoms with Crippen LogP contribution in [-0.2, 0) is 28.4 Å². The molecule has 40 heavy (non-hydrogen) atoms. The standard InChI is InChI=1S/C28H38O12/c1-31-9-12-35-18-38-22-16-24(30)28(27(17-22)40-20-37-14-11-33-3)23(29)7-5-21-6-8-25(26(15-21)34-4)39-19-36-13-10-32-2/h5-8,15-17,30H,9-14,18-20H2,1-4H3/b7-5+. The minimum absolute atomic E-state index is 0.0314. The molecule has 0 aliphatic carbocycles. The van der Waals surface area contributed by atoms with E-state index in [0.29, 0.717) is 50.1 Å². The number of phenols is 1. The molecule has 0 amide bonds. The molecule has 0 saturated heterocycles. The third-order valence-corrected chi connectivity index (χ3v) is 5.12. The highest BCUT2D eigenvalue weighted by Crippen LogP contribution is 2.35. The Balaban J connectivity index is 2.15. The van der Waals surface area contributed by atoms with Gasteiger partial charge in [0, 0.05) is 33.5 Å². The topological polar surface area (TPSA) is 130 Å². The van der Waals surface area contributed by atoms with E-state index in [1.807, 2.05) is 0 Å². The van der Waals surface area contributed by atoms with Gasteiger partial charge in [-0.1, -0.05) is 12.1 Å². The summed E-state index contributed by atoms with van der Waals surface area (Å²) in [7, 11) is 6.21. The summed E-state index contributed by atoms with van der Waals surface area (Å²) in [6.07, 6.45) is 2.89. The number of benzene rings is 2. The predicted octanol–water partition coefficient (Wildman–Crippen LogP) is 3.29. The molecule has 2 rings (SSSR count). The second-order valence-electron chi connectivity index (χ2n) is 7.91. The van der Waals surface area contributed by atoms with Crippen LogP contribution in [0.3, 0.4) is 0 Å². The van der Waals surface area contributed by atoms with Crippen molar-refractivity contribution < 1.29 is 57.3 Å². The molecule has 0 fully saturated rings. The van der Waals surface area contributed by atoms with Gasteiger partial charge in [-0.25, -0.2) is 0 Å². The first-order chi connectivity index (χ1) is 19.5. The van der Waals surface area contributed by atoms with Gasteiger partial charge in [-0.05, 0) is 23.8 Å². The number of carbonyl (C=O) groups is 1. The maximum Gasteiger partial charge on any atom is 0.193 e. The lowest BCUT2D eigenvalue weighted by atomic mass is 10.1. The second-order valence-corrected chi connectivity index (χ2v) is 7.91. The quantitative estimate of drug-likeness (QED) is 0.0971. The second kappa shape index (κ2) is 19.6. The molecule has 0 spiro atoms. The first kappa shape index (κ1) is 32.8. The van der Waals surface area contributed by atoms with Gasteiger partial charge in [0.1, 0.15) is 22.8 Å². The third-order valence-electron chi connectivity index (χ3n) is 5.12. The first-order valence-electron chi connectivity index (χ1n) is 12.4. The SMILES string of the molecule is COCCOCOc1cc(O)c(C(=O)/C=C/c2ccc(OCOCCOC)c(OC)c2)c(OCOCCOC)c1. The van der Waals surface area contributed by atoms with Crippen molar-refractivity contribution in [3.63, 3.8) is 0 Å². The van der Waals surface area contributed by atoms with E-state index in [1.165, 1.54) is 25.3 Å². The smallest absolute Gasteiger partial charge is 0.193 e. The molecule has 0 unspecified atom stereocenters. The Morgan fingerprint density at radius 1 is 0.700 bits per heavy atom. The van der Waals surface area contributed by atoms with Gasteiger partial charge in [0.2, 0.25) is 0 Å². The molecule has 2 aromatic carbocycles. The number of hydrogen-bond acceptors (Lipinski definition) is 12. The van der Waals surface area contributed by atoms with Crippen LogP contribution >= 0.6 is 0 Å². The number of ketones is 1. The number of carbonyl (C=O) groups excluding carboxylic acids is 1. The lowest BCUT2D eigenvalue weighted by molar-refractivity contribution is -0.0119. The van der Waals surface area contributed by atoms with E-state index in [2.05, 4.69) is 0 Å². The van der Waals surface area contributed by atoms with Crippen LogP contribution < -0.4 is 18.9 Å². The number of ether oxygens (including phenoxy) is 10. The average molecular weight is 567 g/mol. The van der Waals surface area contributed by atoms with E-state index in [9.17, 15) is 9.90 Å². The molecule has 0 saturated carbocycles. The Morgan fingerprint density at radius 2 is 1.27 bits per heavy atom. The van der Waals surface area contributed by atoms with Crippen molar-refractivity contribution in [2.24, 2.45) is 0 Å². The van der Waals surface area contributed by atoms with Gasteiger partial charge in [-0.15, -0.1) is 0 Å². The highest BCUT2D eigenvalue weighted by molar-refractivity contribution is 6.10. The maximum atomic E-state index is 13.1. The fourth-order valence-corrected chi connectivity index (χ4v) is 3.11. The van der Waals surface area contributed by atoms with Crippen molar-refractivity contribution in [3.8, 4) is 28.7 Å². The van der Waals surface area contributed by atoms with Crippen LogP contribution in [0.2, 0.25) is 0 Å². The number of hydrogen-bond donors (Lipinski definition) is 1. The first-order valence-corrected chi connectivity index (χ1v) is 12.4. The average Bonchev–Trinajstić information content (AvgIpc) is 2.95. The van der Waals surface area contributed by atoms with Gasteiger partial charge in [0.15, 0.2) is 37.7 Å². The van der Waals surface area contributed by atoms with Gasteiger partial charge in [-0.2, -0.15) is 0 Å². The van der Waals surface area contributed by atoms with Crippen LogP contribution in [0.5, 0.6) is 28.7 Å². The summed E-state index contributed by atoms with van der Waals surface area (Å²) in [5.74, 6) is 0.428. The Kier molecular flexibility index (Phi) is 16.1. The van der Waals surface area contributed by atoms with E-state index in [0.717, 1.165) is 0 Å². The van der Waals surface area contributed by atoms with E-state index >= 15 is 0 Å². The third kappa shape index (κ3) is 11.8. The summed E-state index contributed by atoms with van der Waals surface area (Å²) < 4.78 is 52.9. The summed E-state index contributed by atoms with van der Waals surface area (Å²) in [6, 6.07) is 7.94. The molecule has 12 nitrogen and oxygen atoms in total. The minimum Gasteiger partial charge on any atom is -0.507 e. The van der Waals surface area contributed by atoms with Crippen molar-refractivity contribution in [2.45, 2.75) is 0 Å². The summed E-state index contributed by atoms with van der Waals surface area (Å²) >= 11 is 0. The van der Waals surface area contributed by atoms with Crippen LogP contribution in [0.4, 0.5) is 0 Å². The lowest BCUT2D eigenvalue weighted by Crippen LogP contribution is -2.11. The molecule has 12 heteroatoms. The zero-order valence-electron chi connectivity index (χ0n) is 23.3. The zero-order chi connectivity index (χ0) is 29.0. The van der Waals surface area contributed by atoms with Crippen molar-refractivity contribution in [2.75, 3.05) is 88.5 Å². The zero-order valence-corrected chi connectivity index (χ0v) is 23.3. The van der Waals surface area contributed by atoms with E-state index in [1.54, 1.807) is 45.6 Å². The fourth-order valence-electron chi connectivity index (χ4n) is 3.11. The van der Waals surface area contributed by atoms with Crippen LogP contribution in [0, 0.1) is 0 Å². The highest BCUT2D eigenvalue weighted by Gasteiger charge is 2.19. The van der Waals surface area contributed by atoms with Crippen LogP contribution in [0.25, 0.3) is 6.08 Å². The minimum atomic E-state index is -0.502. The Bertz CT molecular complexity index is 1040. The van der Waals surface area contributed by atoms with Crippen molar-refractivity contribution in [1.82, 2.24) is 0 Å². The molecule has 2 aromatic rings. The normalized spacial score (nSPS) is 11.1. The predicted molar refractivity (Wildman–Crippen MR) is 144 cm³/mol. The fraction of sp³-hybridized carbons (Fsp3) is 0.464. The summed E-state index contributed by atoms with van der Waals surface area (Å²) in [5, 5.41) is 10.7. The van der Waals surface area contributed by atoms with Gasteiger partial charge >= 0.3 is 0 Å². The van der Waals surface area contributed by atoms with Crippen LogP contribution in [0.1, 0.15) is 15.9 Å². The molecule has 0 heterocycles. The maximum absolute atomic E-state index is 13.1. The van der Waals surface area contributed by atoms with E-state index < -0.39 is 5.78 Å². The molecule has 0 atom stereocenters. The lowest BCUT2D eigenvalue weighted by Gasteiger charge is -2.14. The van der Waals surface area contributed by atoms with Crippen molar-refractivity contribution in [3.05, 3.63) is 47.5 Å². The highest BCUT2D eigenvalue weighted by atomic mass is 16.7. The molecular weight excluding hydrogens is 528 g/mol. The molecule has 222 valence electrons. The number of aromatic hydroxyl groups is 1. The molecule has 0 aliphatic rings. The number of methoxy groups -OCH3 is 4. The van der Waals surface area contributed by atoms with Gasteiger partial charge < -0.3 is 52.5 Å². The Hall–Kier alpha value is -3.39. The van der Waals surface area contributed by atoms with Gasteiger partial charge in [-0.3, -0.25) is 4.79 Å². The van der Waals surface area contributed by atoms with Crippen LogP contribution in [-0.4, -0.2) is 99.3 Å². The number of allylic oxidation sites excluding steroid dienone is 1. The molecular formula is C28H38O12. The Labute approximate surface area is 234 Å². The van der Waals surface area contributed by atoms with Gasteiger partial charge in [0.05, 0.1) is 46.8 Å². The van der Waals surface area contributed by atoms with Crippen molar-refractivity contribution >= 4 is 11.9 Å². The molecule has 0 radical (unpaired) electrons. The number of phenolic OH excluding ortho intramolecular Hbond substituents is 1. The largest absolute Gasteiger partial charge is 0.507 e. The van der Waals surface area contributed by atoms with Gasteiger partial charge in [0.25, 0.3) is 0 Å². The Morgan fingerprint density at radius 3 is 1.85 bits per heavy atom. The summed E-state index contributed by atoms with van der Waals surface area (Å²) in [4.78, 5) is 13.1.